The largest absolute Gasteiger partial charge is 0.372 e. The van der Waals surface area contributed by atoms with Crippen LogP contribution in [0, 0.1) is 0 Å². The lowest BCUT2D eigenvalue weighted by Gasteiger charge is -2.37. The molecule has 2 aromatic heterocycles. The van der Waals surface area contributed by atoms with Crippen LogP contribution in [0.5, 0.6) is 0 Å². The number of benzene rings is 1. The molecule has 0 bridgehead atoms. The standard InChI is InChI=1S/C24H27ClN4O5S2/c1-15-11-28(12-16(2)34-15)19-6-4-5-17(7-19)21-14-35-23(27-21)9-20(30)10-26-24(31)18-8-22(25)29(13-18)36(3,32)33/h4-8,13-16H,9-12H2,1-3H3,(H,26,31)/t15-,16+. The van der Waals surface area contributed by atoms with Crippen molar-refractivity contribution in [2.24, 2.45) is 0 Å². The summed E-state index contributed by atoms with van der Waals surface area (Å²) >= 11 is 7.27. The van der Waals surface area contributed by atoms with E-state index in [1.165, 1.54) is 17.4 Å². The summed E-state index contributed by atoms with van der Waals surface area (Å²) in [6.45, 7) is 5.57. The van der Waals surface area contributed by atoms with Gasteiger partial charge in [-0.3, -0.25) is 9.59 Å². The van der Waals surface area contributed by atoms with E-state index in [1.807, 2.05) is 17.5 Å². The number of nitrogens with zero attached hydrogens (tertiary/aromatic N) is 3. The minimum Gasteiger partial charge on any atom is -0.372 e. The Morgan fingerprint density at radius 1 is 1.22 bits per heavy atom. The molecule has 4 rings (SSSR count). The number of nitrogens with one attached hydrogen (secondary N) is 1. The average molecular weight is 551 g/mol. The summed E-state index contributed by atoms with van der Waals surface area (Å²) in [5, 5.41) is 4.97. The molecule has 0 saturated carbocycles. The molecule has 1 N–H and O–H groups in total. The van der Waals surface area contributed by atoms with E-state index in [1.54, 1.807) is 0 Å². The van der Waals surface area contributed by atoms with Crippen molar-refractivity contribution in [3.05, 3.63) is 57.6 Å². The molecule has 0 aliphatic carbocycles. The number of carbonyl (C=O) groups is 2. The van der Waals surface area contributed by atoms with Crippen LogP contribution in [0.15, 0.2) is 41.9 Å². The van der Waals surface area contributed by atoms with Crippen molar-refractivity contribution in [3.63, 3.8) is 0 Å². The predicted octanol–water partition coefficient (Wildman–Crippen LogP) is 3.23. The van der Waals surface area contributed by atoms with Gasteiger partial charge in [-0.15, -0.1) is 11.3 Å². The number of thiazole rings is 1. The zero-order chi connectivity index (χ0) is 26.0. The third-order valence-electron chi connectivity index (χ3n) is 5.63. The van der Waals surface area contributed by atoms with Gasteiger partial charge in [0.05, 0.1) is 42.7 Å². The van der Waals surface area contributed by atoms with Gasteiger partial charge >= 0.3 is 0 Å². The minimum absolute atomic E-state index is 0.0543. The minimum atomic E-state index is -3.63. The second-order valence-electron chi connectivity index (χ2n) is 8.85. The molecule has 1 fully saturated rings. The monoisotopic (exact) mass is 550 g/mol. The molecule has 2 atom stereocenters. The third kappa shape index (κ3) is 6.33. The first kappa shape index (κ1) is 26.3. The van der Waals surface area contributed by atoms with Crippen molar-refractivity contribution < 1.29 is 22.7 Å². The summed E-state index contributed by atoms with van der Waals surface area (Å²) in [5.41, 5.74) is 2.92. The van der Waals surface area contributed by atoms with Gasteiger partial charge in [-0.25, -0.2) is 17.4 Å². The number of hydrogen-bond acceptors (Lipinski definition) is 8. The SMILES string of the molecule is C[C@@H]1CN(c2cccc(-c3csc(CC(=O)CNC(=O)c4cc(Cl)n(S(C)(=O)=O)c4)n3)c2)C[C@H](C)O1. The van der Waals surface area contributed by atoms with Crippen molar-refractivity contribution >= 4 is 50.3 Å². The maximum atomic E-state index is 12.5. The van der Waals surface area contributed by atoms with Gasteiger partial charge in [0.1, 0.15) is 10.2 Å². The fourth-order valence-electron chi connectivity index (χ4n) is 4.08. The van der Waals surface area contributed by atoms with E-state index < -0.39 is 15.9 Å². The van der Waals surface area contributed by atoms with Gasteiger partial charge in [0.2, 0.25) is 10.0 Å². The molecule has 3 aromatic rings. The normalized spacial score (nSPS) is 18.3. The summed E-state index contributed by atoms with van der Waals surface area (Å²) in [7, 11) is -3.63. The lowest BCUT2D eigenvalue weighted by atomic mass is 10.1. The number of carbonyl (C=O) groups excluding carboxylic acids is 2. The van der Waals surface area contributed by atoms with Crippen LogP contribution in [0.3, 0.4) is 0 Å². The van der Waals surface area contributed by atoms with Gasteiger partial charge in [0.25, 0.3) is 5.91 Å². The van der Waals surface area contributed by atoms with E-state index in [9.17, 15) is 18.0 Å². The van der Waals surface area contributed by atoms with Crippen molar-refractivity contribution in [2.45, 2.75) is 32.5 Å². The number of aromatic nitrogens is 2. The number of anilines is 1. The van der Waals surface area contributed by atoms with Gasteiger partial charge in [0, 0.05) is 35.9 Å². The van der Waals surface area contributed by atoms with Crippen molar-refractivity contribution in [1.29, 1.82) is 0 Å². The molecule has 1 aromatic carbocycles. The number of ketones is 1. The average Bonchev–Trinajstić information content (AvgIpc) is 3.43. The Morgan fingerprint density at radius 2 is 1.94 bits per heavy atom. The fourth-order valence-corrected chi connectivity index (χ4v) is 6.13. The Labute approximate surface area is 219 Å². The number of ether oxygens (including phenoxy) is 1. The molecule has 1 aliphatic heterocycles. The smallest absolute Gasteiger partial charge is 0.253 e. The molecule has 1 saturated heterocycles. The van der Waals surface area contributed by atoms with Crippen LogP contribution in [-0.2, 0) is 26.0 Å². The van der Waals surface area contributed by atoms with Gasteiger partial charge in [0.15, 0.2) is 5.78 Å². The van der Waals surface area contributed by atoms with E-state index in [4.69, 9.17) is 16.3 Å². The van der Waals surface area contributed by atoms with Crippen LogP contribution in [0.1, 0.15) is 29.2 Å². The summed E-state index contributed by atoms with van der Waals surface area (Å²) in [6.07, 6.45) is 2.50. The van der Waals surface area contributed by atoms with E-state index in [-0.39, 0.29) is 41.7 Å². The van der Waals surface area contributed by atoms with Gasteiger partial charge in [-0.1, -0.05) is 23.7 Å². The lowest BCUT2D eigenvalue weighted by Crippen LogP contribution is -2.45. The molecule has 192 valence electrons. The first-order valence-electron chi connectivity index (χ1n) is 11.3. The second-order valence-corrected chi connectivity index (χ2v) is 12.0. The van der Waals surface area contributed by atoms with Crippen LogP contribution < -0.4 is 10.2 Å². The Hall–Kier alpha value is -2.73. The maximum absolute atomic E-state index is 12.5. The van der Waals surface area contributed by atoms with Gasteiger partial charge in [-0.05, 0) is 32.0 Å². The molecule has 3 heterocycles. The number of rotatable bonds is 8. The van der Waals surface area contributed by atoms with Crippen LogP contribution >= 0.6 is 22.9 Å². The van der Waals surface area contributed by atoms with Crippen molar-refractivity contribution in [1.82, 2.24) is 14.3 Å². The van der Waals surface area contributed by atoms with E-state index >= 15 is 0 Å². The number of morpholine rings is 1. The Bertz CT molecular complexity index is 1370. The molecule has 0 spiro atoms. The lowest BCUT2D eigenvalue weighted by molar-refractivity contribution is -0.117. The van der Waals surface area contributed by atoms with Crippen LogP contribution in [-0.4, -0.2) is 67.2 Å². The van der Waals surface area contributed by atoms with Gasteiger partial charge < -0.3 is 15.0 Å². The van der Waals surface area contributed by atoms with E-state index in [2.05, 4.69) is 41.2 Å². The molecule has 9 nitrogen and oxygen atoms in total. The molecular formula is C24H27ClN4O5S2. The number of halogens is 1. The fraction of sp³-hybridized carbons (Fsp3) is 0.375. The number of Topliss-reactive ketones (excluding diaryl/α,β-unsaturated/α-hetero) is 1. The molecule has 1 amide bonds. The highest BCUT2D eigenvalue weighted by atomic mass is 35.5. The molecule has 0 unspecified atom stereocenters. The summed E-state index contributed by atoms with van der Waals surface area (Å²) in [6, 6.07) is 9.40. The molecule has 36 heavy (non-hydrogen) atoms. The topological polar surface area (TPSA) is 111 Å². The predicted molar refractivity (Wildman–Crippen MR) is 140 cm³/mol. The van der Waals surface area contributed by atoms with E-state index in [0.717, 1.165) is 46.5 Å². The molecule has 1 aliphatic rings. The highest BCUT2D eigenvalue weighted by molar-refractivity contribution is 7.89. The van der Waals surface area contributed by atoms with Crippen LogP contribution in [0.2, 0.25) is 5.15 Å². The highest BCUT2D eigenvalue weighted by Gasteiger charge is 2.23. The Kier molecular flexibility index (Phi) is 7.84. The number of hydrogen-bond donors (Lipinski definition) is 1. The summed E-state index contributed by atoms with van der Waals surface area (Å²) in [4.78, 5) is 31.7. The Morgan fingerprint density at radius 3 is 2.61 bits per heavy atom. The van der Waals surface area contributed by atoms with Gasteiger partial charge in [-0.2, -0.15) is 0 Å². The van der Waals surface area contributed by atoms with Crippen LogP contribution in [0.25, 0.3) is 11.3 Å². The zero-order valence-corrected chi connectivity index (χ0v) is 22.5. The van der Waals surface area contributed by atoms with E-state index in [0.29, 0.717) is 5.01 Å². The molecule has 12 heteroatoms. The zero-order valence-electron chi connectivity index (χ0n) is 20.1. The van der Waals surface area contributed by atoms with Crippen molar-refractivity contribution in [3.8, 4) is 11.3 Å². The molecular weight excluding hydrogens is 524 g/mol. The van der Waals surface area contributed by atoms with Crippen LogP contribution in [0.4, 0.5) is 5.69 Å². The van der Waals surface area contributed by atoms with Crippen molar-refractivity contribution in [2.75, 3.05) is 30.8 Å². The summed E-state index contributed by atoms with van der Waals surface area (Å²) in [5.74, 6) is -0.807. The maximum Gasteiger partial charge on any atom is 0.253 e. The first-order chi connectivity index (χ1) is 17.0. The third-order valence-corrected chi connectivity index (χ3v) is 7.89. The Balaban J connectivity index is 1.36. The quantitative estimate of drug-likeness (QED) is 0.458. The second kappa shape index (κ2) is 10.7. The summed E-state index contributed by atoms with van der Waals surface area (Å²) < 4.78 is 30.0. The highest BCUT2D eigenvalue weighted by Crippen LogP contribution is 2.28. The number of amides is 1. The first-order valence-corrected chi connectivity index (χ1v) is 14.4. The molecule has 0 radical (unpaired) electrons.